The highest BCUT2D eigenvalue weighted by molar-refractivity contribution is 7.97. The number of carboxylic acid groups (broad SMARTS) is 1. The van der Waals surface area contributed by atoms with Crippen LogP contribution in [0, 0.1) is 5.92 Å². The highest BCUT2D eigenvalue weighted by Gasteiger charge is 2.25. The maximum Gasteiger partial charge on any atom is 0.303 e. The van der Waals surface area contributed by atoms with E-state index in [-0.39, 0.29) is 18.2 Å². The number of fused-ring (bicyclic) bond motifs is 1. The molecule has 1 atom stereocenters. The lowest BCUT2D eigenvalue weighted by molar-refractivity contribution is -0.137. The average molecular weight is 375 g/mol. The molecule has 0 radical (unpaired) electrons. The summed E-state index contributed by atoms with van der Waals surface area (Å²) in [6, 6.07) is 7.91. The van der Waals surface area contributed by atoms with E-state index in [1.165, 1.54) is 0 Å². The van der Waals surface area contributed by atoms with Gasteiger partial charge in [-0.1, -0.05) is 12.1 Å². The minimum Gasteiger partial charge on any atom is -0.481 e. The summed E-state index contributed by atoms with van der Waals surface area (Å²) >= 11 is 1.69. The van der Waals surface area contributed by atoms with Gasteiger partial charge in [0.15, 0.2) is 0 Å². The highest BCUT2D eigenvalue weighted by Crippen LogP contribution is 2.23. The molecule has 26 heavy (non-hydrogen) atoms. The zero-order valence-electron chi connectivity index (χ0n) is 15.1. The van der Waals surface area contributed by atoms with Crippen molar-refractivity contribution < 1.29 is 14.7 Å². The van der Waals surface area contributed by atoms with Crippen LogP contribution in [0.5, 0.6) is 0 Å². The Labute approximate surface area is 157 Å². The summed E-state index contributed by atoms with van der Waals surface area (Å²) < 4.78 is 2.02. The van der Waals surface area contributed by atoms with E-state index >= 15 is 0 Å². The number of amides is 1. The van der Waals surface area contributed by atoms with Crippen molar-refractivity contribution in [2.24, 2.45) is 5.92 Å². The fraction of sp³-hybridized carbons (Fsp3) is 0.526. The lowest BCUT2D eigenvalue weighted by atomic mass is 9.93. The van der Waals surface area contributed by atoms with Crippen LogP contribution in [0.25, 0.3) is 11.0 Å². The van der Waals surface area contributed by atoms with Crippen LogP contribution in [-0.2, 0) is 21.9 Å². The third-order valence-corrected chi connectivity index (χ3v) is 5.49. The topological polar surface area (TPSA) is 75.4 Å². The number of aliphatic carboxylic acids is 1. The zero-order valence-corrected chi connectivity index (χ0v) is 15.9. The van der Waals surface area contributed by atoms with E-state index in [1.54, 1.807) is 11.8 Å². The standard InChI is InChI=1S/C19H25N3O3S/c1-26-13-17-20-15-6-2-3-7-16(15)22(17)12-18(23)21-10-4-5-14(11-21)8-9-19(24)25/h2-3,6-7,14H,4-5,8-13H2,1H3,(H,24,25)/t14-/m1/s1. The molecule has 140 valence electrons. The van der Waals surface area contributed by atoms with E-state index in [0.717, 1.165) is 42.0 Å². The molecule has 2 heterocycles. The molecule has 0 aliphatic carbocycles. The first-order valence-corrected chi connectivity index (χ1v) is 10.4. The van der Waals surface area contributed by atoms with Crippen LogP contribution in [0.1, 0.15) is 31.5 Å². The number of nitrogens with zero attached hydrogens (tertiary/aromatic N) is 3. The number of carbonyl (C=O) groups is 2. The van der Waals surface area contributed by atoms with Gasteiger partial charge in [0, 0.05) is 19.5 Å². The second-order valence-corrected chi connectivity index (χ2v) is 7.68. The molecule has 1 aromatic heterocycles. The van der Waals surface area contributed by atoms with Gasteiger partial charge in [0.25, 0.3) is 0 Å². The third kappa shape index (κ3) is 4.38. The lowest BCUT2D eigenvalue weighted by Crippen LogP contribution is -2.41. The fourth-order valence-electron chi connectivity index (χ4n) is 3.63. The molecule has 0 spiro atoms. The van der Waals surface area contributed by atoms with Crippen molar-refractivity contribution in [1.29, 1.82) is 0 Å². The lowest BCUT2D eigenvalue weighted by Gasteiger charge is -2.33. The molecule has 7 heteroatoms. The molecule has 1 N–H and O–H groups in total. The summed E-state index contributed by atoms with van der Waals surface area (Å²) in [4.78, 5) is 30.3. The van der Waals surface area contributed by atoms with Gasteiger partial charge in [-0.2, -0.15) is 11.8 Å². The Hall–Kier alpha value is -2.02. The van der Waals surface area contributed by atoms with Gasteiger partial charge in [-0.05, 0) is 43.6 Å². The predicted molar refractivity (Wildman–Crippen MR) is 103 cm³/mol. The molecule has 1 aliphatic heterocycles. The maximum absolute atomic E-state index is 12.9. The van der Waals surface area contributed by atoms with E-state index < -0.39 is 5.97 Å². The average Bonchev–Trinajstić information content (AvgIpc) is 2.98. The molecule has 1 amide bonds. The van der Waals surface area contributed by atoms with E-state index in [4.69, 9.17) is 5.11 Å². The number of likely N-dealkylation sites (tertiary alicyclic amines) is 1. The van der Waals surface area contributed by atoms with Crippen LogP contribution < -0.4 is 0 Å². The molecule has 1 aliphatic rings. The molecule has 0 unspecified atom stereocenters. The number of benzene rings is 1. The van der Waals surface area contributed by atoms with Crippen molar-refractivity contribution in [3.8, 4) is 0 Å². The summed E-state index contributed by atoms with van der Waals surface area (Å²) in [5.74, 6) is 1.31. The molecule has 1 saturated heterocycles. The molecule has 6 nitrogen and oxygen atoms in total. The number of carbonyl (C=O) groups excluding carboxylic acids is 1. The Morgan fingerprint density at radius 2 is 2.15 bits per heavy atom. The summed E-state index contributed by atoms with van der Waals surface area (Å²) in [6.45, 7) is 1.71. The molecule has 2 aromatic rings. The first-order chi connectivity index (χ1) is 12.6. The summed E-state index contributed by atoms with van der Waals surface area (Å²) in [5.41, 5.74) is 1.91. The highest BCUT2D eigenvalue weighted by atomic mass is 32.2. The van der Waals surface area contributed by atoms with Crippen molar-refractivity contribution in [2.45, 2.75) is 38.0 Å². The van der Waals surface area contributed by atoms with E-state index in [1.807, 2.05) is 40.0 Å². The number of aromatic nitrogens is 2. The van der Waals surface area contributed by atoms with Crippen LogP contribution in [-0.4, -0.2) is 50.8 Å². The van der Waals surface area contributed by atoms with Crippen LogP contribution in [0.3, 0.4) is 0 Å². The first kappa shape index (κ1) is 18.8. The fourth-order valence-corrected chi connectivity index (χ4v) is 4.11. The zero-order chi connectivity index (χ0) is 18.5. The summed E-state index contributed by atoms with van der Waals surface area (Å²) in [6.07, 6.45) is 4.80. The van der Waals surface area contributed by atoms with Crippen molar-refractivity contribution in [1.82, 2.24) is 14.5 Å². The van der Waals surface area contributed by atoms with Gasteiger partial charge < -0.3 is 14.6 Å². The minimum atomic E-state index is -0.764. The first-order valence-electron chi connectivity index (χ1n) is 9.01. The van der Waals surface area contributed by atoms with Gasteiger partial charge in [-0.3, -0.25) is 9.59 Å². The second kappa shape index (κ2) is 8.58. The predicted octanol–water partition coefficient (Wildman–Crippen LogP) is 3.00. The van der Waals surface area contributed by atoms with Gasteiger partial charge >= 0.3 is 5.97 Å². The number of hydrogen-bond donors (Lipinski definition) is 1. The van der Waals surface area contributed by atoms with Crippen LogP contribution >= 0.6 is 11.8 Å². The van der Waals surface area contributed by atoms with Crippen LogP contribution in [0.15, 0.2) is 24.3 Å². The van der Waals surface area contributed by atoms with Crippen molar-refractivity contribution in [3.63, 3.8) is 0 Å². The molecule has 0 saturated carbocycles. The Morgan fingerprint density at radius 3 is 2.92 bits per heavy atom. The number of carboxylic acids is 1. The Kier molecular flexibility index (Phi) is 6.19. The smallest absolute Gasteiger partial charge is 0.303 e. The minimum absolute atomic E-state index is 0.0931. The maximum atomic E-state index is 12.9. The summed E-state index contributed by atoms with van der Waals surface area (Å²) in [7, 11) is 0. The molecule has 1 fully saturated rings. The molecule has 0 bridgehead atoms. The van der Waals surface area contributed by atoms with E-state index in [0.29, 0.717) is 19.5 Å². The number of imidazole rings is 1. The number of para-hydroxylation sites is 2. The quantitative estimate of drug-likeness (QED) is 0.805. The van der Waals surface area contributed by atoms with Gasteiger partial charge in [0.1, 0.15) is 12.4 Å². The molecular weight excluding hydrogens is 350 g/mol. The Bertz CT molecular complexity index is 789. The SMILES string of the molecule is CSCc1nc2ccccc2n1CC(=O)N1CCC[C@H](CCC(=O)O)C1. The monoisotopic (exact) mass is 375 g/mol. The van der Waals surface area contributed by atoms with Crippen LogP contribution in [0.4, 0.5) is 0 Å². The third-order valence-electron chi connectivity index (χ3n) is 4.94. The molecule has 1 aromatic carbocycles. The van der Waals surface area contributed by atoms with E-state index in [9.17, 15) is 9.59 Å². The number of hydrogen-bond acceptors (Lipinski definition) is 4. The normalized spacial score (nSPS) is 17.6. The van der Waals surface area contributed by atoms with Gasteiger partial charge in [0.2, 0.25) is 5.91 Å². The second-order valence-electron chi connectivity index (χ2n) is 6.82. The summed E-state index contributed by atoms with van der Waals surface area (Å²) in [5, 5.41) is 8.88. The van der Waals surface area contributed by atoms with Gasteiger partial charge in [-0.15, -0.1) is 0 Å². The number of thioether (sulfide) groups is 1. The number of rotatable bonds is 7. The van der Waals surface area contributed by atoms with Crippen molar-refractivity contribution >= 4 is 34.7 Å². The van der Waals surface area contributed by atoms with E-state index in [2.05, 4.69) is 4.98 Å². The van der Waals surface area contributed by atoms with Crippen molar-refractivity contribution in [3.05, 3.63) is 30.1 Å². The van der Waals surface area contributed by atoms with Gasteiger partial charge in [0.05, 0.1) is 16.8 Å². The van der Waals surface area contributed by atoms with Crippen molar-refractivity contribution in [2.75, 3.05) is 19.3 Å². The largest absolute Gasteiger partial charge is 0.481 e. The van der Waals surface area contributed by atoms with Crippen LogP contribution in [0.2, 0.25) is 0 Å². The van der Waals surface area contributed by atoms with Gasteiger partial charge in [-0.25, -0.2) is 4.98 Å². The Morgan fingerprint density at radius 1 is 1.35 bits per heavy atom. The molecular formula is C19H25N3O3S. The Balaban J connectivity index is 1.72. The molecule has 3 rings (SSSR count). The number of piperidine rings is 1.